The predicted molar refractivity (Wildman–Crippen MR) is 54.5 cm³/mol. The Morgan fingerprint density at radius 1 is 0.944 bits per heavy atom. The Hall–Kier alpha value is -1.38. The molecule has 0 fully saturated rings. The highest BCUT2D eigenvalue weighted by molar-refractivity contribution is 7.96. The van der Waals surface area contributed by atoms with Crippen molar-refractivity contribution in [2.75, 3.05) is 5.32 Å². The van der Waals surface area contributed by atoms with Gasteiger partial charge in [0.2, 0.25) is 0 Å². The largest absolute Gasteiger partial charge is 0.416 e. The van der Waals surface area contributed by atoms with Gasteiger partial charge in [-0.1, -0.05) is 12.6 Å². The fourth-order valence-corrected chi connectivity index (χ4v) is 1.28. The summed E-state index contributed by atoms with van der Waals surface area (Å²) >= 11 is 3.21. The van der Waals surface area contributed by atoms with Gasteiger partial charge in [0.25, 0.3) is 5.24 Å². The van der Waals surface area contributed by atoms with Gasteiger partial charge in [-0.05, 0) is 18.2 Å². The molecule has 0 aliphatic rings. The summed E-state index contributed by atoms with van der Waals surface area (Å²) in [6.45, 7) is 0. The minimum Gasteiger partial charge on any atom is -0.317 e. The molecule has 1 N–H and O–H groups in total. The summed E-state index contributed by atoms with van der Waals surface area (Å²) < 4.78 is 74.2. The van der Waals surface area contributed by atoms with Crippen LogP contribution in [0.4, 0.5) is 36.8 Å². The van der Waals surface area contributed by atoms with Crippen molar-refractivity contribution in [2.45, 2.75) is 12.4 Å². The number of carbonyl (C=O) groups excluding carboxylic acids is 1. The standard InChI is InChI=1S/C9H5F6NOS/c10-8(11,12)4-1-5(9(13,14)15)3-6(2-4)16-7(17)18/h1-3H,(H2,16,17,18). The lowest BCUT2D eigenvalue weighted by molar-refractivity contribution is -0.143. The van der Waals surface area contributed by atoms with Crippen molar-refractivity contribution >= 4 is 23.6 Å². The summed E-state index contributed by atoms with van der Waals surface area (Å²) in [5, 5.41) is 0.688. The zero-order valence-corrected chi connectivity index (χ0v) is 9.25. The Morgan fingerprint density at radius 3 is 1.61 bits per heavy atom. The number of amides is 1. The zero-order chi connectivity index (χ0) is 14.1. The molecule has 1 aromatic rings. The Balaban J connectivity index is 3.34. The molecule has 0 spiro atoms. The second kappa shape index (κ2) is 4.71. The number of anilines is 1. The van der Waals surface area contributed by atoms with E-state index in [-0.39, 0.29) is 6.07 Å². The molecule has 0 saturated carbocycles. The highest BCUT2D eigenvalue weighted by Gasteiger charge is 2.36. The summed E-state index contributed by atoms with van der Waals surface area (Å²) in [7, 11) is 0. The number of carbonyl (C=O) groups is 1. The number of halogens is 6. The third-order valence-corrected chi connectivity index (χ3v) is 1.95. The van der Waals surface area contributed by atoms with Gasteiger partial charge in [-0.2, -0.15) is 26.3 Å². The molecule has 2 nitrogen and oxygen atoms in total. The Morgan fingerprint density at radius 2 is 1.33 bits per heavy atom. The molecular formula is C9H5F6NOS. The third kappa shape index (κ3) is 3.83. The predicted octanol–water partition coefficient (Wildman–Crippen LogP) is 4.19. The van der Waals surface area contributed by atoms with E-state index in [0.29, 0.717) is 12.1 Å². The molecule has 18 heavy (non-hydrogen) atoms. The molecule has 0 radical (unpaired) electrons. The smallest absolute Gasteiger partial charge is 0.317 e. The average molecular weight is 289 g/mol. The molecule has 1 amide bonds. The average Bonchev–Trinajstić information content (AvgIpc) is 2.13. The second-order valence-electron chi connectivity index (χ2n) is 3.22. The van der Waals surface area contributed by atoms with E-state index in [1.165, 1.54) is 0 Å². The first-order valence-corrected chi connectivity index (χ1v) is 4.74. The van der Waals surface area contributed by atoms with Crippen LogP contribution in [0.3, 0.4) is 0 Å². The van der Waals surface area contributed by atoms with Crippen LogP contribution in [-0.2, 0) is 12.4 Å². The van der Waals surface area contributed by atoms with Crippen molar-refractivity contribution in [3.63, 3.8) is 0 Å². The summed E-state index contributed by atoms with van der Waals surface area (Å²) in [5.74, 6) is 0. The lowest BCUT2D eigenvalue weighted by Crippen LogP contribution is -2.12. The van der Waals surface area contributed by atoms with Crippen molar-refractivity contribution in [1.82, 2.24) is 0 Å². The maximum Gasteiger partial charge on any atom is 0.416 e. The van der Waals surface area contributed by atoms with Crippen LogP contribution >= 0.6 is 12.6 Å². The van der Waals surface area contributed by atoms with Gasteiger partial charge >= 0.3 is 12.4 Å². The summed E-state index contributed by atoms with van der Waals surface area (Å²) in [6.07, 6.45) is -9.89. The monoisotopic (exact) mass is 289 g/mol. The summed E-state index contributed by atoms with van der Waals surface area (Å²) in [4.78, 5) is 10.5. The van der Waals surface area contributed by atoms with Crippen molar-refractivity contribution in [2.24, 2.45) is 0 Å². The van der Waals surface area contributed by atoms with E-state index in [2.05, 4.69) is 12.6 Å². The van der Waals surface area contributed by atoms with Crippen LogP contribution in [0.5, 0.6) is 0 Å². The van der Waals surface area contributed by atoms with Crippen molar-refractivity contribution < 1.29 is 31.1 Å². The number of benzene rings is 1. The fourth-order valence-electron chi connectivity index (χ4n) is 1.15. The summed E-state index contributed by atoms with van der Waals surface area (Å²) in [6, 6.07) is 0.751. The van der Waals surface area contributed by atoms with Gasteiger partial charge in [-0.25, -0.2) is 0 Å². The van der Waals surface area contributed by atoms with Crippen LogP contribution in [-0.4, -0.2) is 5.24 Å². The molecule has 9 heteroatoms. The maximum absolute atomic E-state index is 12.4. The summed E-state index contributed by atoms with van der Waals surface area (Å²) in [5.41, 5.74) is -3.64. The molecule has 0 aromatic heterocycles. The van der Waals surface area contributed by atoms with Gasteiger partial charge in [-0.3, -0.25) is 4.79 Å². The van der Waals surface area contributed by atoms with Gasteiger partial charge in [-0.15, -0.1) is 0 Å². The molecule has 1 aromatic carbocycles. The first-order valence-electron chi connectivity index (χ1n) is 4.29. The van der Waals surface area contributed by atoms with E-state index in [4.69, 9.17) is 0 Å². The molecule has 0 aliphatic heterocycles. The minimum atomic E-state index is -4.95. The van der Waals surface area contributed by atoms with Gasteiger partial charge in [0, 0.05) is 5.69 Å². The second-order valence-corrected chi connectivity index (χ2v) is 3.63. The number of thiol groups is 1. The van der Waals surface area contributed by atoms with E-state index >= 15 is 0 Å². The lowest BCUT2D eigenvalue weighted by atomic mass is 10.1. The molecule has 0 atom stereocenters. The number of rotatable bonds is 1. The third-order valence-electron chi connectivity index (χ3n) is 1.84. The van der Waals surface area contributed by atoms with E-state index in [0.717, 1.165) is 0 Å². The van der Waals surface area contributed by atoms with E-state index in [9.17, 15) is 31.1 Å². The van der Waals surface area contributed by atoms with E-state index in [1.54, 1.807) is 5.32 Å². The number of alkyl halides is 6. The van der Waals surface area contributed by atoms with Gasteiger partial charge < -0.3 is 5.32 Å². The van der Waals surface area contributed by atoms with E-state index in [1.807, 2.05) is 0 Å². The number of nitrogens with one attached hydrogen (secondary N) is 1. The molecule has 100 valence electrons. The molecule has 0 heterocycles. The van der Waals surface area contributed by atoms with Crippen LogP contribution in [0.25, 0.3) is 0 Å². The van der Waals surface area contributed by atoms with Crippen LogP contribution in [0.2, 0.25) is 0 Å². The zero-order valence-electron chi connectivity index (χ0n) is 8.36. The van der Waals surface area contributed by atoms with Crippen LogP contribution < -0.4 is 5.32 Å². The van der Waals surface area contributed by atoms with Crippen molar-refractivity contribution in [3.05, 3.63) is 29.3 Å². The Labute approximate surface area is 102 Å². The van der Waals surface area contributed by atoms with Crippen LogP contribution in [0.15, 0.2) is 18.2 Å². The normalized spacial score (nSPS) is 12.4. The van der Waals surface area contributed by atoms with E-state index < -0.39 is 34.4 Å². The van der Waals surface area contributed by atoms with Gasteiger partial charge in [0.1, 0.15) is 0 Å². The molecule has 0 unspecified atom stereocenters. The SMILES string of the molecule is O=C(S)Nc1cc(C(F)(F)F)cc(C(F)(F)F)c1. The van der Waals surface area contributed by atoms with Gasteiger partial charge in [0.05, 0.1) is 11.1 Å². The number of hydrogen-bond donors (Lipinski definition) is 2. The molecule has 1 rings (SSSR count). The molecule has 0 bridgehead atoms. The first kappa shape index (κ1) is 14.7. The van der Waals surface area contributed by atoms with Crippen molar-refractivity contribution in [1.29, 1.82) is 0 Å². The Bertz CT molecular complexity index is 435. The number of hydrogen-bond acceptors (Lipinski definition) is 1. The van der Waals surface area contributed by atoms with Gasteiger partial charge in [0.15, 0.2) is 0 Å². The minimum absolute atomic E-state index is 0.0336. The molecule has 0 saturated heterocycles. The maximum atomic E-state index is 12.4. The topological polar surface area (TPSA) is 29.1 Å². The lowest BCUT2D eigenvalue weighted by Gasteiger charge is -2.14. The fraction of sp³-hybridized carbons (Fsp3) is 0.222. The molecular weight excluding hydrogens is 284 g/mol. The molecule has 0 aliphatic carbocycles. The van der Waals surface area contributed by atoms with Crippen LogP contribution in [0, 0.1) is 0 Å². The van der Waals surface area contributed by atoms with Crippen LogP contribution in [0.1, 0.15) is 11.1 Å². The quantitative estimate of drug-likeness (QED) is 0.589. The Kier molecular flexibility index (Phi) is 3.84. The first-order chi connectivity index (χ1) is 8.00. The highest BCUT2D eigenvalue weighted by atomic mass is 32.1. The highest BCUT2D eigenvalue weighted by Crippen LogP contribution is 2.37. The van der Waals surface area contributed by atoms with Crippen molar-refractivity contribution in [3.8, 4) is 0 Å².